The van der Waals surface area contributed by atoms with Crippen molar-refractivity contribution in [3.8, 4) is 0 Å². The van der Waals surface area contributed by atoms with Gasteiger partial charge in [-0.2, -0.15) is 0 Å². The topological polar surface area (TPSA) is 44.8 Å². The van der Waals surface area contributed by atoms with Crippen LogP contribution in [0.1, 0.15) is 32.4 Å². The first kappa shape index (κ1) is 12.6. The fourth-order valence-electron chi connectivity index (χ4n) is 2.84. The van der Waals surface area contributed by atoms with Gasteiger partial charge in [0, 0.05) is 5.92 Å². The molecular formula is C15H18O4. The van der Waals surface area contributed by atoms with E-state index >= 15 is 0 Å². The van der Waals surface area contributed by atoms with Crippen molar-refractivity contribution >= 4 is 5.97 Å². The Labute approximate surface area is 112 Å². The molecule has 19 heavy (non-hydrogen) atoms. The molecule has 2 heterocycles. The molecule has 0 amide bonds. The van der Waals surface area contributed by atoms with Crippen LogP contribution in [0.15, 0.2) is 30.3 Å². The minimum absolute atomic E-state index is 0.0619. The van der Waals surface area contributed by atoms with E-state index < -0.39 is 11.9 Å². The minimum Gasteiger partial charge on any atom is -0.455 e. The van der Waals surface area contributed by atoms with Gasteiger partial charge in [-0.1, -0.05) is 37.3 Å². The highest BCUT2D eigenvalue weighted by Crippen LogP contribution is 2.43. The maximum absolute atomic E-state index is 12.1. The van der Waals surface area contributed by atoms with Gasteiger partial charge in [-0.3, -0.25) is 0 Å². The van der Waals surface area contributed by atoms with Crippen molar-refractivity contribution < 1.29 is 19.0 Å². The normalized spacial score (nSPS) is 36.7. The molecule has 102 valence electrons. The van der Waals surface area contributed by atoms with Crippen LogP contribution in [0.3, 0.4) is 0 Å². The fraction of sp³-hybridized carbons (Fsp3) is 0.533. The van der Waals surface area contributed by atoms with E-state index in [0.717, 1.165) is 5.56 Å². The summed E-state index contributed by atoms with van der Waals surface area (Å²) in [6.45, 7) is 5.68. The van der Waals surface area contributed by atoms with E-state index in [9.17, 15) is 4.79 Å². The van der Waals surface area contributed by atoms with Gasteiger partial charge in [-0.15, -0.1) is 0 Å². The average Bonchev–Trinajstić information content (AvgIpc) is 2.71. The summed E-state index contributed by atoms with van der Waals surface area (Å²) < 4.78 is 17.0. The molecule has 1 aromatic rings. The van der Waals surface area contributed by atoms with Crippen LogP contribution in [0.25, 0.3) is 0 Å². The smallest absolute Gasteiger partial charge is 0.338 e. The molecule has 0 saturated carbocycles. The van der Waals surface area contributed by atoms with Gasteiger partial charge in [0.2, 0.25) is 0 Å². The van der Waals surface area contributed by atoms with Gasteiger partial charge in [-0.25, -0.2) is 4.79 Å². The first-order chi connectivity index (χ1) is 8.98. The second-order valence-electron chi connectivity index (χ2n) is 5.65. The van der Waals surface area contributed by atoms with Crippen molar-refractivity contribution in [2.45, 2.75) is 44.9 Å². The van der Waals surface area contributed by atoms with Gasteiger partial charge < -0.3 is 14.2 Å². The summed E-state index contributed by atoms with van der Waals surface area (Å²) in [4.78, 5) is 12.1. The summed E-state index contributed by atoms with van der Waals surface area (Å²) in [5.74, 6) is -0.997. The zero-order chi connectivity index (χ0) is 13.6. The molecule has 2 aliphatic rings. The van der Waals surface area contributed by atoms with Crippen LogP contribution in [0.2, 0.25) is 0 Å². The summed E-state index contributed by atoms with van der Waals surface area (Å²) in [6, 6.07) is 9.77. The molecule has 4 heteroatoms. The predicted molar refractivity (Wildman–Crippen MR) is 68.3 cm³/mol. The van der Waals surface area contributed by atoms with E-state index in [1.165, 1.54) is 0 Å². The molecular weight excluding hydrogens is 244 g/mol. The van der Waals surface area contributed by atoms with Crippen molar-refractivity contribution in [3.05, 3.63) is 35.9 Å². The van der Waals surface area contributed by atoms with E-state index in [-0.39, 0.29) is 24.1 Å². The zero-order valence-corrected chi connectivity index (χ0v) is 11.3. The van der Waals surface area contributed by atoms with E-state index in [1.54, 1.807) is 0 Å². The Morgan fingerprint density at radius 1 is 1.05 bits per heavy atom. The lowest BCUT2D eigenvalue weighted by atomic mass is 9.87. The summed E-state index contributed by atoms with van der Waals surface area (Å²) in [6.07, 6.45) is -1.13. The minimum atomic E-state index is -0.728. The number of hydrogen-bond acceptors (Lipinski definition) is 4. The van der Waals surface area contributed by atoms with Gasteiger partial charge in [0.15, 0.2) is 11.9 Å². The lowest BCUT2D eigenvalue weighted by Crippen LogP contribution is -2.46. The number of hydrogen-bond donors (Lipinski definition) is 0. The zero-order valence-electron chi connectivity index (χ0n) is 11.3. The monoisotopic (exact) mass is 262 g/mol. The Balaban J connectivity index is 1.89. The first-order valence-electron chi connectivity index (χ1n) is 6.59. The summed E-state index contributed by atoms with van der Waals surface area (Å²) in [5, 5.41) is 0. The number of carbonyl (C=O) groups excluding carboxylic acids is 1. The molecule has 2 saturated heterocycles. The van der Waals surface area contributed by atoms with E-state index in [4.69, 9.17) is 14.2 Å². The number of ether oxygens (including phenoxy) is 3. The van der Waals surface area contributed by atoms with Crippen LogP contribution in [0.5, 0.6) is 0 Å². The Morgan fingerprint density at radius 3 is 2.42 bits per heavy atom. The molecule has 0 aliphatic carbocycles. The highest BCUT2D eigenvalue weighted by Gasteiger charge is 2.54. The van der Waals surface area contributed by atoms with Gasteiger partial charge in [-0.05, 0) is 19.4 Å². The molecule has 0 N–H and O–H groups in total. The number of fused-ring (bicyclic) bond motifs is 1. The summed E-state index contributed by atoms with van der Waals surface area (Å²) >= 11 is 0. The van der Waals surface area contributed by atoms with Crippen LogP contribution in [0, 0.1) is 5.92 Å². The maximum atomic E-state index is 12.1. The van der Waals surface area contributed by atoms with Crippen molar-refractivity contribution in [2.75, 3.05) is 0 Å². The molecule has 4 nitrogen and oxygen atoms in total. The lowest BCUT2D eigenvalue weighted by Gasteiger charge is -2.35. The molecule has 0 unspecified atom stereocenters. The fourth-order valence-corrected chi connectivity index (χ4v) is 2.84. The highest BCUT2D eigenvalue weighted by molar-refractivity contribution is 5.77. The van der Waals surface area contributed by atoms with E-state index in [1.807, 2.05) is 51.1 Å². The van der Waals surface area contributed by atoms with Crippen LogP contribution >= 0.6 is 0 Å². The Bertz CT molecular complexity index is 482. The second kappa shape index (κ2) is 4.32. The highest BCUT2D eigenvalue weighted by atomic mass is 16.8. The lowest BCUT2D eigenvalue weighted by molar-refractivity contribution is -0.178. The number of esters is 1. The summed E-state index contributed by atoms with van der Waals surface area (Å²) in [7, 11) is 0. The largest absolute Gasteiger partial charge is 0.455 e. The molecule has 4 atom stereocenters. The molecule has 0 spiro atoms. The van der Waals surface area contributed by atoms with E-state index in [0.29, 0.717) is 0 Å². The Hall–Kier alpha value is -1.39. The molecule has 1 aromatic carbocycles. The van der Waals surface area contributed by atoms with Gasteiger partial charge in [0.05, 0.1) is 0 Å². The van der Waals surface area contributed by atoms with Crippen molar-refractivity contribution in [1.29, 1.82) is 0 Å². The first-order valence-corrected chi connectivity index (χ1v) is 6.59. The van der Waals surface area contributed by atoms with Crippen LogP contribution in [-0.4, -0.2) is 24.0 Å². The number of benzene rings is 1. The number of cyclic esters (lactones) is 1. The van der Waals surface area contributed by atoms with Crippen LogP contribution in [-0.2, 0) is 19.0 Å². The Kier molecular flexibility index (Phi) is 2.87. The van der Waals surface area contributed by atoms with Crippen molar-refractivity contribution in [3.63, 3.8) is 0 Å². The SMILES string of the molecule is C[C@@H]1[C@H]2OC(C)(C)O[C@H]2C(=O)O[C@H]1c1ccccc1. The third-order valence-corrected chi connectivity index (χ3v) is 3.73. The quantitative estimate of drug-likeness (QED) is 0.729. The van der Waals surface area contributed by atoms with Gasteiger partial charge in [0.25, 0.3) is 0 Å². The van der Waals surface area contributed by atoms with Crippen molar-refractivity contribution in [2.24, 2.45) is 5.92 Å². The van der Waals surface area contributed by atoms with Gasteiger partial charge >= 0.3 is 5.97 Å². The average molecular weight is 262 g/mol. The predicted octanol–water partition coefficient (Wildman–Crippen LogP) is 2.44. The third-order valence-electron chi connectivity index (χ3n) is 3.73. The second-order valence-corrected chi connectivity index (χ2v) is 5.65. The molecule has 3 rings (SSSR count). The van der Waals surface area contributed by atoms with Crippen molar-refractivity contribution in [1.82, 2.24) is 0 Å². The number of rotatable bonds is 1. The van der Waals surface area contributed by atoms with Crippen LogP contribution < -0.4 is 0 Å². The molecule has 2 aliphatic heterocycles. The standard InChI is InChI=1S/C15H18O4/c1-9-11(10-7-5-4-6-8-10)17-14(16)13-12(9)18-15(2,3)19-13/h4-9,11-13H,1-3H3/t9-,11+,12+,13+/m0/s1. The van der Waals surface area contributed by atoms with Gasteiger partial charge in [0.1, 0.15) is 12.2 Å². The summed E-state index contributed by atoms with van der Waals surface area (Å²) in [5.41, 5.74) is 0.995. The third kappa shape index (κ3) is 2.15. The molecule has 0 aromatic heterocycles. The maximum Gasteiger partial charge on any atom is 0.338 e. The number of carbonyl (C=O) groups is 1. The Morgan fingerprint density at radius 2 is 1.74 bits per heavy atom. The van der Waals surface area contributed by atoms with E-state index in [2.05, 4.69) is 0 Å². The molecule has 0 radical (unpaired) electrons. The molecule has 0 bridgehead atoms. The van der Waals surface area contributed by atoms with Crippen LogP contribution in [0.4, 0.5) is 0 Å². The molecule has 2 fully saturated rings.